The summed E-state index contributed by atoms with van der Waals surface area (Å²) in [4.78, 5) is 33.9. The minimum atomic E-state index is -1.25. The number of carboxylic acid groups (broad SMARTS) is 1. The highest BCUT2D eigenvalue weighted by molar-refractivity contribution is 6.27. The van der Waals surface area contributed by atoms with E-state index < -0.39 is 17.9 Å². The number of carboxylic acids is 1. The molecular weight excluding hydrogens is 344 g/mol. The molecule has 0 saturated heterocycles. The molecule has 0 N–H and O–H groups in total. The second-order valence-corrected chi connectivity index (χ2v) is 5.77. The van der Waals surface area contributed by atoms with Crippen LogP contribution >= 0.6 is 11.6 Å². The van der Waals surface area contributed by atoms with Crippen molar-refractivity contribution < 1.29 is 24.2 Å². The number of ether oxygens (including phenoxy) is 1. The van der Waals surface area contributed by atoms with Crippen molar-refractivity contribution in [3.05, 3.63) is 65.2 Å². The first-order valence-electron chi connectivity index (χ1n) is 7.56. The molecule has 2 aromatic rings. The highest BCUT2D eigenvalue weighted by atomic mass is 35.5. The van der Waals surface area contributed by atoms with Gasteiger partial charge in [-0.05, 0) is 28.8 Å². The lowest BCUT2D eigenvalue weighted by atomic mass is 9.90. The summed E-state index contributed by atoms with van der Waals surface area (Å²) >= 11 is 5.48. The Bertz CT molecular complexity index is 765. The zero-order valence-corrected chi connectivity index (χ0v) is 14.3. The predicted molar refractivity (Wildman–Crippen MR) is 90.5 cm³/mol. The van der Waals surface area contributed by atoms with Gasteiger partial charge in [-0.2, -0.15) is 0 Å². The van der Waals surface area contributed by atoms with Crippen LogP contribution in [0.2, 0.25) is 0 Å². The Morgan fingerprint density at radius 2 is 1.52 bits per heavy atom. The van der Waals surface area contributed by atoms with Gasteiger partial charge in [-0.15, -0.1) is 11.6 Å². The van der Waals surface area contributed by atoms with E-state index in [0.29, 0.717) is 16.9 Å². The molecule has 0 spiro atoms. The summed E-state index contributed by atoms with van der Waals surface area (Å²) in [5.41, 5.74) is 1.79. The maximum absolute atomic E-state index is 11.6. The summed E-state index contributed by atoms with van der Waals surface area (Å²) in [7, 11) is 0. The van der Waals surface area contributed by atoms with Crippen molar-refractivity contribution in [1.82, 2.24) is 0 Å². The highest BCUT2D eigenvalue weighted by Crippen LogP contribution is 2.26. The van der Waals surface area contributed by atoms with Gasteiger partial charge in [-0.1, -0.05) is 36.4 Å². The van der Waals surface area contributed by atoms with Gasteiger partial charge in [0.05, 0.1) is 11.8 Å². The van der Waals surface area contributed by atoms with Gasteiger partial charge >= 0.3 is 5.97 Å². The van der Waals surface area contributed by atoms with E-state index >= 15 is 0 Å². The summed E-state index contributed by atoms with van der Waals surface area (Å²) in [5.74, 6) is -2.49. The van der Waals surface area contributed by atoms with Crippen LogP contribution in [0.15, 0.2) is 48.5 Å². The molecular formula is C19H16ClO5-. The maximum Gasteiger partial charge on any atom is 0.308 e. The molecule has 0 aliphatic rings. The lowest BCUT2D eigenvalue weighted by Gasteiger charge is -2.19. The Labute approximate surface area is 150 Å². The molecule has 0 heterocycles. The molecule has 0 bridgehead atoms. The number of hydrogen-bond donors (Lipinski definition) is 0. The maximum atomic E-state index is 11.6. The van der Waals surface area contributed by atoms with Crippen molar-refractivity contribution >= 4 is 29.3 Å². The largest absolute Gasteiger partial charge is 0.549 e. The lowest BCUT2D eigenvalue weighted by Crippen LogP contribution is -2.30. The molecule has 0 fully saturated rings. The smallest absolute Gasteiger partial charge is 0.308 e. The molecule has 0 amide bonds. The Morgan fingerprint density at radius 1 is 1.00 bits per heavy atom. The summed E-state index contributed by atoms with van der Waals surface area (Å²) in [6.07, 6.45) is 0.205. The van der Waals surface area contributed by atoms with Crippen molar-refractivity contribution in [1.29, 1.82) is 0 Å². The van der Waals surface area contributed by atoms with Crippen LogP contribution in [0.1, 0.15) is 29.5 Å². The van der Waals surface area contributed by atoms with Gasteiger partial charge < -0.3 is 14.6 Å². The van der Waals surface area contributed by atoms with Gasteiger partial charge in [0.1, 0.15) is 5.75 Å². The second kappa shape index (κ2) is 8.44. The molecule has 5 nitrogen and oxygen atoms in total. The van der Waals surface area contributed by atoms with Crippen molar-refractivity contribution in [2.75, 3.05) is 5.88 Å². The second-order valence-electron chi connectivity index (χ2n) is 5.51. The van der Waals surface area contributed by atoms with E-state index in [1.165, 1.54) is 19.1 Å². The molecule has 0 aliphatic carbocycles. The van der Waals surface area contributed by atoms with Crippen molar-refractivity contribution in [2.24, 2.45) is 0 Å². The molecule has 0 aliphatic heterocycles. The van der Waals surface area contributed by atoms with E-state index in [2.05, 4.69) is 0 Å². The SMILES string of the molecule is CC(=O)Oc1ccc(C(C(=O)[O-])c2ccc(CC(=O)CCl)cc2)cc1. The topological polar surface area (TPSA) is 83.5 Å². The van der Waals surface area contributed by atoms with Gasteiger partial charge in [0.2, 0.25) is 0 Å². The van der Waals surface area contributed by atoms with Gasteiger partial charge in [-0.3, -0.25) is 9.59 Å². The first-order valence-corrected chi connectivity index (χ1v) is 8.10. The van der Waals surface area contributed by atoms with Gasteiger partial charge in [0.25, 0.3) is 0 Å². The number of hydrogen-bond acceptors (Lipinski definition) is 5. The third-order valence-corrected chi connectivity index (χ3v) is 3.87. The van der Waals surface area contributed by atoms with Crippen LogP contribution < -0.4 is 9.84 Å². The van der Waals surface area contributed by atoms with Crippen molar-refractivity contribution in [3.63, 3.8) is 0 Å². The van der Waals surface area contributed by atoms with E-state index in [9.17, 15) is 19.5 Å². The number of esters is 1. The molecule has 130 valence electrons. The predicted octanol–water partition coefficient (Wildman–Crippen LogP) is 1.84. The Kier molecular flexibility index (Phi) is 6.31. The van der Waals surface area contributed by atoms with Crippen LogP contribution in [-0.4, -0.2) is 23.6 Å². The zero-order valence-electron chi connectivity index (χ0n) is 13.5. The number of carbonyl (C=O) groups is 3. The van der Waals surface area contributed by atoms with Gasteiger partial charge in [-0.25, -0.2) is 0 Å². The average Bonchev–Trinajstić information content (AvgIpc) is 2.57. The van der Waals surface area contributed by atoms with Crippen LogP contribution in [0, 0.1) is 0 Å². The molecule has 1 atom stereocenters. The third kappa shape index (κ3) is 5.16. The van der Waals surface area contributed by atoms with Crippen LogP contribution in [-0.2, 0) is 20.8 Å². The van der Waals surface area contributed by atoms with E-state index in [0.717, 1.165) is 5.56 Å². The number of Topliss-reactive ketones (excluding diaryl/α,β-unsaturated/α-hetero) is 1. The van der Waals surface area contributed by atoms with Gasteiger partial charge in [0.15, 0.2) is 5.78 Å². The highest BCUT2D eigenvalue weighted by Gasteiger charge is 2.16. The summed E-state index contributed by atoms with van der Waals surface area (Å²) in [6.45, 7) is 1.29. The standard InChI is InChI=1S/C19H17ClO5/c1-12(21)25-17-8-6-15(7-9-17)18(19(23)24)14-4-2-13(3-5-14)10-16(22)11-20/h2-9,18H,10-11H2,1H3,(H,23,24)/p-1. The molecule has 2 rings (SSSR count). The Hall–Kier alpha value is -2.66. The van der Waals surface area contributed by atoms with Crippen LogP contribution in [0.4, 0.5) is 0 Å². The van der Waals surface area contributed by atoms with E-state index in [4.69, 9.17) is 16.3 Å². The molecule has 0 radical (unpaired) electrons. The molecule has 0 saturated carbocycles. The number of ketones is 1. The number of aliphatic carboxylic acids is 1. The minimum Gasteiger partial charge on any atom is -0.549 e. The van der Waals surface area contributed by atoms with E-state index in [-0.39, 0.29) is 18.1 Å². The minimum absolute atomic E-state index is 0.0574. The normalized spacial score (nSPS) is 11.6. The summed E-state index contributed by atoms with van der Waals surface area (Å²) in [5, 5.41) is 11.6. The van der Waals surface area contributed by atoms with Gasteiger partial charge in [0, 0.05) is 19.3 Å². The van der Waals surface area contributed by atoms with E-state index in [1.54, 1.807) is 36.4 Å². The molecule has 25 heavy (non-hydrogen) atoms. The molecule has 2 aromatic carbocycles. The van der Waals surface area contributed by atoms with E-state index in [1.807, 2.05) is 0 Å². The fourth-order valence-corrected chi connectivity index (χ4v) is 2.56. The molecule has 1 unspecified atom stereocenters. The first kappa shape index (κ1) is 18.7. The quantitative estimate of drug-likeness (QED) is 0.428. The first-order chi connectivity index (χ1) is 11.9. The lowest BCUT2D eigenvalue weighted by molar-refractivity contribution is -0.306. The Morgan fingerprint density at radius 3 is 1.96 bits per heavy atom. The van der Waals surface area contributed by atoms with Crippen molar-refractivity contribution in [3.8, 4) is 5.75 Å². The van der Waals surface area contributed by atoms with Crippen LogP contribution in [0.25, 0.3) is 0 Å². The summed E-state index contributed by atoms with van der Waals surface area (Å²) in [6, 6.07) is 12.9. The summed E-state index contributed by atoms with van der Waals surface area (Å²) < 4.78 is 4.93. The third-order valence-electron chi connectivity index (χ3n) is 3.57. The Balaban J connectivity index is 2.24. The number of benzene rings is 2. The van der Waals surface area contributed by atoms with Crippen LogP contribution in [0.3, 0.4) is 0 Å². The number of halogens is 1. The number of alkyl halides is 1. The average molecular weight is 360 g/mol. The van der Waals surface area contributed by atoms with Crippen molar-refractivity contribution in [2.45, 2.75) is 19.3 Å². The number of carbonyl (C=O) groups excluding carboxylic acids is 3. The number of rotatable bonds is 7. The fourth-order valence-electron chi connectivity index (χ4n) is 2.46. The monoisotopic (exact) mass is 359 g/mol. The zero-order chi connectivity index (χ0) is 18.4. The van der Waals surface area contributed by atoms with Crippen LogP contribution in [0.5, 0.6) is 5.75 Å². The fraction of sp³-hybridized carbons (Fsp3) is 0.211. The molecule has 0 aromatic heterocycles. The molecule has 6 heteroatoms.